The van der Waals surface area contributed by atoms with E-state index in [1.807, 2.05) is 6.92 Å². The van der Waals surface area contributed by atoms with E-state index >= 15 is 0 Å². The topological polar surface area (TPSA) is 29.1 Å². The fourth-order valence-electron chi connectivity index (χ4n) is 2.10. The van der Waals surface area contributed by atoms with Gasteiger partial charge in [-0.1, -0.05) is 13.8 Å². The number of nitrogens with one attached hydrogen (secondary N) is 1. The molecule has 0 saturated heterocycles. The highest BCUT2D eigenvalue weighted by Crippen LogP contribution is 2.33. The van der Waals surface area contributed by atoms with E-state index in [4.69, 9.17) is 0 Å². The van der Waals surface area contributed by atoms with Crippen molar-refractivity contribution in [3.05, 3.63) is 0 Å². The standard InChI is InChI=1S/C11H21NO/c1-4-12-11(13)10-6-5-8(2)9(3)7-10/h8-10H,4-7H2,1-3H3,(H,12,13). The normalized spacial score (nSPS) is 34.2. The third-order valence-electron chi connectivity index (χ3n) is 3.32. The zero-order valence-corrected chi connectivity index (χ0v) is 8.97. The van der Waals surface area contributed by atoms with Gasteiger partial charge in [0.1, 0.15) is 0 Å². The van der Waals surface area contributed by atoms with Crippen molar-refractivity contribution in [2.24, 2.45) is 17.8 Å². The van der Waals surface area contributed by atoms with Crippen molar-refractivity contribution in [1.29, 1.82) is 0 Å². The van der Waals surface area contributed by atoms with Crippen LogP contribution in [0.1, 0.15) is 40.0 Å². The van der Waals surface area contributed by atoms with E-state index in [0.29, 0.717) is 5.92 Å². The van der Waals surface area contributed by atoms with Gasteiger partial charge in [-0.3, -0.25) is 4.79 Å². The lowest BCUT2D eigenvalue weighted by Crippen LogP contribution is -2.35. The van der Waals surface area contributed by atoms with E-state index in [1.165, 1.54) is 6.42 Å². The molecule has 13 heavy (non-hydrogen) atoms. The van der Waals surface area contributed by atoms with Crippen LogP contribution in [0.3, 0.4) is 0 Å². The van der Waals surface area contributed by atoms with Crippen LogP contribution in [0, 0.1) is 17.8 Å². The van der Waals surface area contributed by atoms with Crippen molar-refractivity contribution in [1.82, 2.24) is 5.32 Å². The smallest absolute Gasteiger partial charge is 0.223 e. The summed E-state index contributed by atoms with van der Waals surface area (Å²) in [5.74, 6) is 2.06. The lowest BCUT2D eigenvalue weighted by Gasteiger charge is -2.31. The van der Waals surface area contributed by atoms with Crippen LogP contribution in [0.2, 0.25) is 0 Å². The van der Waals surface area contributed by atoms with Crippen LogP contribution in [0.15, 0.2) is 0 Å². The molecule has 0 aliphatic heterocycles. The van der Waals surface area contributed by atoms with Gasteiger partial charge in [-0.05, 0) is 38.0 Å². The average molecular weight is 183 g/mol. The van der Waals surface area contributed by atoms with Gasteiger partial charge in [0, 0.05) is 12.5 Å². The Hall–Kier alpha value is -0.530. The van der Waals surface area contributed by atoms with Crippen LogP contribution in [0.5, 0.6) is 0 Å². The SMILES string of the molecule is CCNC(=O)C1CCC(C)C(C)C1. The molecule has 0 aromatic carbocycles. The molecule has 0 spiro atoms. The lowest BCUT2D eigenvalue weighted by atomic mass is 9.75. The van der Waals surface area contributed by atoms with E-state index < -0.39 is 0 Å². The molecule has 0 radical (unpaired) electrons. The first-order valence-corrected chi connectivity index (χ1v) is 5.42. The third kappa shape index (κ3) is 2.71. The highest BCUT2D eigenvalue weighted by molar-refractivity contribution is 5.78. The molecular weight excluding hydrogens is 162 g/mol. The second-order valence-electron chi connectivity index (χ2n) is 4.36. The number of rotatable bonds is 2. The van der Waals surface area contributed by atoms with Crippen LogP contribution in [-0.4, -0.2) is 12.5 Å². The minimum atomic E-state index is 0.265. The molecule has 3 atom stereocenters. The summed E-state index contributed by atoms with van der Waals surface area (Å²) < 4.78 is 0. The Balaban J connectivity index is 2.40. The molecule has 1 aliphatic carbocycles. The Labute approximate surface area is 81.1 Å². The van der Waals surface area contributed by atoms with Crippen LogP contribution in [0.4, 0.5) is 0 Å². The first-order valence-electron chi connectivity index (χ1n) is 5.42. The summed E-state index contributed by atoms with van der Waals surface area (Å²) in [7, 11) is 0. The van der Waals surface area contributed by atoms with E-state index in [9.17, 15) is 4.79 Å². The molecule has 1 fully saturated rings. The molecule has 0 aromatic heterocycles. The van der Waals surface area contributed by atoms with Crippen molar-refractivity contribution in [2.45, 2.75) is 40.0 Å². The van der Waals surface area contributed by atoms with Crippen molar-refractivity contribution in [2.75, 3.05) is 6.54 Å². The zero-order valence-electron chi connectivity index (χ0n) is 8.97. The predicted molar refractivity (Wildman–Crippen MR) is 54.4 cm³/mol. The summed E-state index contributed by atoms with van der Waals surface area (Å²) in [6.07, 6.45) is 3.37. The van der Waals surface area contributed by atoms with Crippen molar-refractivity contribution < 1.29 is 4.79 Å². The van der Waals surface area contributed by atoms with E-state index in [2.05, 4.69) is 19.2 Å². The van der Waals surface area contributed by atoms with Crippen LogP contribution in [-0.2, 0) is 4.79 Å². The summed E-state index contributed by atoms with van der Waals surface area (Å²) in [6.45, 7) is 7.29. The minimum absolute atomic E-state index is 0.265. The van der Waals surface area contributed by atoms with Gasteiger partial charge >= 0.3 is 0 Å². The molecule has 1 amide bonds. The summed E-state index contributed by atoms with van der Waals surface area (Å²) in [4.78, 5) is 11.5. The number of amides is 1. The average Bonchev–Trinajstić information content (AvgIpc) is 2.10. The lowest BCUT2D eigenvalue weighted by molar-refractivity contribution is -0.126. The van der Waals surface area contributed by atoms with Crippen LogP contribution >= 0.6 is 0 Å². The van der Waals surface area contributed by atoms with Gasteiger partial charge in [0.25, 0.3) is 0 Å². The second-order valence-corrected chi connectivity index (χ2v) is 4.36. The van der Waals surface area contributed by atoms with E-state index in [1.54, 1.807) is 0 Å². The molecular formula is C11H21NO. The predicted octanol–water partition coefficient (Wildman–Crippen LogP) is 2.19. The minimum Gasteiger partial charge on any atom is -0.356 e. The zero-order chi connectivity index (χ0) is 9.84. The number of hydrogen-bond donors (Lipinski definition) is 1. The maximum absolute atomic E-state index is 11.5. The Morgan fingerprint density at radius 1 is 1.31 bits per heavy atom. The molecule has 2 heteroatoms. The van der Waals surface area contributed by atoms with Gasteiger partial charge in [0.2, 0.25) is 5.91 Å². The fraction of sp³-hybridized carbons (Fsp3) is 0.909. The molecule has 1 N–H and O–H groups in total. The number of carbonyl (C=O) groups excluding carboxylic acids is 1. The van der Waals surface area contributed by atoms with Gasteiger partial charge in [0.05, 0.1) is 0 Å². The quantitative estimate of drug-likeness (QED) is 0.698. The maximum atomic E-state index is 11.5. The van der Waals surface area contributed by atoms with E-state index in [-0.39, 0.29) is 11.8 Å². The van der Waals surface area contributed by atoms with Crippen molar-refractivity contribution in [3.63, 3.8) is 0 Å². The molecule has 76 valence electrons. The van der Waals surface area contributed by atoms with Gasteiger partial charge in [0.15, 0.2) is 0 Å². The Morgan fingerprint density at radius 2 is 2.00 bits per heavy atom. The molecule has 0 bridgehead atoms. The fourth-order valence-corrected chi connectivity index (χ4v) is 2.10. The van der Waals surface area contributed by atoms with Gasteiger partial charge in [-0.25, -0.2) is 0 Å². The van der Waals surface area contributed by atoms with Gasteiger partial charge < -0.3 is 5.32 Å². The molecule has 1 rings (SSSR count). The largest absolute Gasteiger partial charge is 0.356 e. The van der Waals surface area contributed by atoms with Crippen LogP contribution in [0.25, 0.3) is 0 Å². The Morgan fingerprint density at radius 3 is 2.54 bits per heavy atom. The molecule has 0 aromatic rings. The highest BCUT2D eigenvalue weighted by atomic mass is 16.1. The van der Waals surface area contributed by atoms with Crippen molar-refractivity contribution in [3.8, 4) is 0 Å². The number of carbonyl (C=O) groups is 1. The molecule has 3 unspecified atom stereocenters. The monoisotopic (exact) mass is 183 g/mol. The highest BCUT2D eigenvalue weighted by Gasteiger charge is 2.28. The van der Waals surface area contributed by atoms with E-state index in [0.717, 1.165) is 25.3 Å². The second kappa shape index (κ2) is 4.64. The summed E-state index contributed by atoms with van der Waals surface area (Å²) in [5.41, 5.74) is 0. The molecule has 2 nitrogen and oxygen atoms in total. The van der Waals surface area contributed by atoms with Gasteiger partial charge in [-0.2, -0.15) is 0 Å². The third-order valence-corrected chi connectivity index (χ3v) is 3.32. The molecule has 1 aliphatic rings. The van der Waals surface area contributed by atoms with Crippen LogP contribution < -0.4 is 5.32 Å². The molecule has 0 heterocycles. The maximum Gasteiger partial charge on any atom is 0.223 e. The first-order chi connectivity index (χ1) is 6.15. The summed E-state index contributed by atoms with van der Waals surface area (Å²) in [6, 6.07) is 0. The van der Waals surface area contributed by atoms with Gasteiger partial charge in [-0.15, -0.1) is 0 Å². The molecule has 1 saturated carbocycles. The first kappa shape index (κ1) is 10.6. The Bertz CT molecular complexity index is 179. The summed E-state index contributed by atoms with van der Waals surface area (Å²) >= 11 is 0. The summed E-state index contributed by atoms with van der Waals surface area (Å²) in [5, 5.41) is 2.91. The Kier molecular flexibility index (Phi) is 3.76. The van der Waals surface area contributed by atoms with Crippen molar-refractivity contribution >= 4 is 5.91 Å². The number of hydrogen-bond acceptors (Lipinski definition) is 1.